The molecule has 0 aromatic rings. The second-order valence-electron chi connectivity index (χ2n) is 2.82. The van der Waals surface area contributed by atoms with Crippen LogP contribution in [0.15, 0.2) is 0 Å². The van der Waals surface area contributed by atoms with Crippen molar-refractivity contribution < 1.29 is 0 Å². The van der Waals surface area contributed by atoms with Gasteiger partial charge in [-0.15, -0.1) is 0 Å². The highest BCUT2D eigenvalue weighted by Crippen LogP contribution is 2.05. The minimum absolute atomic E-state index is 0.343. The Kier molecular flexibility index (Phi) is 2.44. The molecule has 0 heterocycles. The molecule has 0 aliphatic carbocycles. The topological polar surface area (TPSA) is 52.0 Å². The molecule has 0 aliphatic heterocycles. The second-order valence-corrected chi connectivity index (χ2v) is 2.82. The summed E-state index contributed by atoms with van der Waals surface area (Å²) < 4.78 is 0. The highest BCUT2D eigenvalue weighted by atomic mass is 14.9. The molecular formula is C6H15N2. The highest BCUT2D eigenvalue weighted by molar-refractivity contribution is 4.73. The fraction of sp³-hybridized carbons (Fsp3) is 0.833. The molecule has 0 fully saturated rings. The van der Waals surface area contributed by atoms with Crippen molar-refractivity contribution in [2.24, 2.45) is 17.4 Å². The van der Waals surface area contributed by atoms with Crippen LogP contribution in [-0.2, 0) is 0 Å². The Hall–Kier alpha value is -0.0800. The van der Waals surface area contributed by atoms with E-state index in [1.165, 1.54) is 0 Å². The van der Waals surface area contributed by atoms with Crippen LogP contribution in [0, 0.1) is 12.8 Å². The Balaban J connectivity index is 3.39. The van der Waals surface area contributed by atoms with Gasteiger partial charge in [0.05, 0.1) is 5.66 Å². The lowest BCUT2D eigenvalue weighted by Crippen LogP contribution is -2.46. The van der Waals surface area contributed by atoms with E-state index in [-0.39, 0.29) is 0 Å². The third kappa shape index (κ3) is 5.92. The van der Waals surface area contributed by atoms with Crippen LogP contribution in [0.3, 0.4) is 0 Å². The van der Waals surface area contributed by atoms with E-state index in [1.807, 2.05) is 6.92 Å². The van der Waals surface area contributed by atoms with E-state index in [4.69, 9.17) is 11.5 Å². The molecule has 1 radical (unpaired) electrons. The molecule has 4 N–H and O–H groups in total. The summed E-state index contributed by atoms with van der Waals surface area (Å²) in [7, 11) is 0. The van der Waals surface area contributed by atoms with E-state index < -0.39 is 5.66 Å². The van der Waals surface area contributed by atoms with Crippen LogP contribution in [0.25, 0.3) is 0 Å². The van der Waals surface area contributed by atoms with Crippen LogP contribution >= 0.6 is 0 Å². The van der Waals surface area contributed by atoms with Gasteiger partial charge in [0.2, 0.25) is 0 Å². The van der Waals surface area contributed by atoms with Gasteiger partial charge in [-0.05, 0) is 19.3 Å². The standard InChI is InChI=1S/C6H15N2/c1-5(2)4-6(3,7)8/h5H,1,4,7-8H2,2-3H3. The summed E-state index contributed by atoms with van der Waals surface area (Å²) in [6.45, 7) is 7.56. The van der Waals surface area contributed by atoms with Crippen LogP contribution in [-0.4, -0.2) is 5.66 Å². The summed E-state index contributed by atoms with van der Waals surface area (Å²) in [4.78, 5) is 0. The van der Waals surface area contributed by atoms with Crippen molar-refractivity contribution in [3.05, 3.63) is 6.92 Å². The quantitative estimate of drug-likeness (QED) is 0.514. The summed E-state index contributed by atoms with van der Waals surface area (Å²) in [5, 5.41) is 0. The zero-order valence-electron chi connectivity index (χ0n) is 5.65. The molecule has 1 unspecified atom stereocenters. The zero-order chi connectivity index (χ0) is 6.78. The molecule has 0 saturated carbocycles. The first kappa shape index (κ1) is 7.92. The summed E-state index contributed by atoms with van der Waals surface area (Å²) in [5.74, 6) is 0.343. The van der Waals surface area contributed by atoms with Crippen molar-refractivity contribution in [2.75, 3.05) is 0 Å². The van der Waals surface area contributed by atoms with Crippen LogP contribution < -0.4 is 11.5 Å². The maximum absolute atomic E-state index is 5.47. The molecule has 0 aliphatic rings. The van der Waals surface area contributed by atoms with Gasteiger partial charge in [0, 0.05) is 0 Å². The van der Waals surface area contributed by atoms with Crippen molar-refractivity contribution in [2.45, 2.75) is 25.9 Å². The Morgan fingerprint density at radius 2 is 2.00 bits per heavy atom. The lowest BCUT2D eigenvalue weighted by molar-refractivity contribution is 0.400. The van der Waals surface area contributed by atoms with Gasteiger partial charge in [0.25, 0.3) is 0 Å². The number of rotatable bonds is 2. The average Bonchev–Trinajstić information content (AvgIpc) is 1.21. The highest BCUT2D eigenvalue weighted by Gasteiger charge is 2.11. The number of nitrogens with two attached hydrogens (primary N) is 2. The largest absolute Gasteiger partial charge is 0.314 e. The molecule has 49 valence electrons. The Bertz CT molecular complexity index is 61.4. The van der Waals surface area contributed by atoms with Gasteiger partial charge >= 0.3 is 0 Å². The van der Waals surface area contributed by atoms with Crippen LogP contribution in [0.5, 0.6) is 0 Å². The number of hydrogen-bond acceptors (Lipinski definition) is 2. The van der Waals surface area contributed by atoms with Gasteiger partial charge in [-0.2, -0.15) is 0 Å². The van der Waals surface area contributed by atoms with Crippen molar-refractivity contribution in [1.29, 1.82) is 0 Å². The van der Waals surface area contributed by atoms with E-state index >= 15 is 0 Å². The molecule has 0 rings (SSSR count). The first-order chi connectivity index (χ1) is 3.42. The molecule has 0 amide bonds. The van der Waals surface area contributed by atoms with E-state index in [2.05, 4.69) is 6.92 Å². The van der Waals surface area contributed by atoms with Crippen molar-refractivity contribution in [3.63, 3.8) is 0 Å². The summed E-state index contributed by atoms with van der Waals surface area (Å²) in [5.41, 5.74) is 10.4. The molecule has 0 aromatic carbocycles. The Morgan fingerprint density at radius 3 is 2.00 bits per heavy atom. The van der Waals surface area contributed by atoms with E-state index in [0.29, 0.717) is 5.92 Å². The predicted octanol–water partition coefficient (Wildman–Crippen LogP) is 0.480. The van der Waals surface area contributed by atoms with Crippen LogP contribution in [0.4, 0.5) is 0 Å². The van der Waals surface area contributed by atoms with Gasteiger partial charge in [0.1, 0.15) is 0 Å². The molecule has 0 saturated heterocycles. The Morgan fingerprint density at radius 1 is 1.62 bits per heavy atom. The lowest BCUT2D eigenvalue weighted by Gasteiger charge is -2.20. The molecule has 0 aromatic heterocycles. The third-order valence-corrected chi connectivity index (χ3v) is 0.788. The van der Waals surface area contributed by atoms with Crippen LogP contribution in [0.1, 0.15) is 20.3 Å². The minimum Gasteiger partial charge on any atom is -0.314 e. The summed E-state index contributed by atoms with van der Waals surface area (Å²) in [6, 6.07) is 0. The Labute approximate surface area is 51.2 Å². The van der Waals surface area contributed by atoms with Gasteiger partial charge in [-0.25, -0.2) is 0 Å². The average molecular weight is 115 g/mol. The SMILES string of the molecule is [CH2]C(C)CC(C)(N)N. The summed E-state index contributed by atoms with van der Waals surface area (Å²) >= 11 is 0. The molecule has 8 heavy (non-hydrogen) atoms. The first-order valence-electron chi connectivity index (χ1n) is 2.82. The molecule has 0 bridgehead atoms. The maximum Gasteiger partial charge on any atom is 0.0610 e. The predicted molar refractivity (Wildman–Crippen MR) is 35.9 cm³/mol. The van der Waals surface area contributed by atoms with Gasteiger partial charge in [-0.3, -0.25) is 0 Å². The van der Waals surface area contributed by atoms with E-state index in [0.717, 1.165) is 6.42 Å². The van der Waals surface area contributed by atoms with Gasteiger partial charge < -0.3 is 11.5 Å². The molecule has 2 nitrogen and oxygen atoms in total. The molecular weight excluding hydrogens is 100 g/mol. The maximum atomic E-state index is 5.47. The van der Waals surface area contributed by atoms with Gasteiger partial charge in [-0.1, -0.05) is 13.8 Å². The monoisotopic (exact) mass is 115 g/mol. The third-order valence-electron chi connectivity index (χ3n) is 0.788. The molecule has 2 heteroatoms. The normalized spacial score (nSPS) is 12.8. The lowest BCUT2D eigenvalue weighted by atomic mass is 10.0. The molecule has 0 spiro atoms. The fourth-order valence-corrected chi connectivity index (χ4v) is 0.751. The zero-order valence-corrected chi connectivity index (χ0v) is 5.65. The summed E-state index contributed by atoms with van der Waals surface area (Å²) in [6.07, 6.45) is 0.771. The second kappa shape index (κ2) is 2.46. The van der Waals surface area contributed by atoms with Crippen LogP contribution in [0.2, 0.25) is 0 Å². The minimum atomic E-state index is -0.541. The molecule has 1 atom stereocenters. The smallest absolute Gasteiger partial charge is 0.0610 e. The fourth-order valence-electron chi connectivity index (χ4n) is 0.751. The van der Waals surface area contributed by atoms with Crippen molar-refractivity contribution in [1.82, 2.24) is 0 Å². The van der Waals surface area contributed by atoms with Gasteiger partial charge in [0.15, 0.2) is 0 Å². The van der Waals surface area contributed by atoms with E-state index in [9.17, 15) is 0 Å². The number of hydrogen-bond donors (Lipinski definition) is 2. The van der Waals surface area contributed by atoms with Crippen molar-refractivity contribution >= 4 is 0 Å². The van der Waals surface area contributed by atoms with E-state index in [1.54, 1.807) is 6.92 Å². The van der Waals surface area contributed by atoms with Crippen molar-refractivity contribution in [3.8, 4) is 0 Å². The first-order valence-corrected chi connectivity index (χ1v) is 2.82.